The van der Waals surface area contributed by atoms with Gasteiger partial charge in [-0.3, -0.25) is 4.79 Å². The van der Waals surface area contributed by atoms with Crippen LogP contribution in [0.5, 0.6) is 5.75 Å². The first-order valence-electron chi connectivity index (χ1n) is 6.52. The van der Waals surface area contributed by atoms with Crippen molar-refractivity contribution < 1.29 is 14.6 Å². The predicted molar refractivity (Wildman–Crippen MR) is 78.0 cm³/mol. The van der Waals surface area contributed by atoms with Gasteiger partial charge in [0.2, 0.25) is 0 Å². The molecule has 0 amide bonds. The monoisotopic (exact) mass is 281 g/mol. The molecule has 0 saturated carbocycles. The van der Waals surface area contributed by atoms with Gasteiger partial charge in [-0.05, 0) is 36.2 Å². The Morgan fingerprint density at radius 2 is 2.00 bits per heavy atom. The summed E-state index contributed by atoms with van der Waals surface area (Å²) in [5, 5.41) is 17.7. The lowest BCUT2D eigenvalue weighted by molar-refractivity contribution is -0.136. The fourth-order valence-corrected chi connectivity index (χ4v) is 2.04. The third-order valence-corrected chi connectivity index (χ3v) is 3.17. The van der Waals surface area contributed by atoms with Crippen LogP contribution in [0.25, 0.3) is 0 Å². The lowest BCUT2D eigenvalue weighted by Gasteiger charge is -2.12. The third kappa shape index (κ3) is 3.83. The highest BCUT2D eigenvalue weighted by Crippen LogP contribution is 2.21. The molecule has 0 heterocycles. The molecule has 106 valence electrons. The van der Waals surface area contributed by atoms with Crippen molar-refractivity contribution in [1.29, 1.82) is 5.26 Å². The van der Waals surface area contributed by atoms with Gasteiger partial charge in [0.15, 0.2) is 0 Å². The Labute approximate surface area is 123 Å². The summed E-state index contributed by atoms with van der Waals surface area (Å²) in [5.41, 5.74) is 3.21. The largest absolute Gasteiger partial charge is 0.489 e. The molecule has 0 spiro atoms. The summed E-state index contributed by atoms with van der Waals surface area (Å²) in [6.45, 7) is 2.26. The summed E-state index contributed by atoms with van der Waals surface area (Å²) in [4.78, 5) is 10.8. The van der Waals surface area contributed by atoms with Crippen molar-refractivity contribution in [3.8, 4) is 11.8 Å². The molecule has 0 bridgehead atoms. The van der Waals surface area contributed by atoms with Gasteiger partial charge in [0.25, 0.3) is 0 Å². The second-order valence-electron chi connectivity index (χ2n) is 4.72. The summed E-state index contributed by atoms with van der Waals surface area (Å²) in [7, 11) is 0. The molecular weight excluding hydrogens is 266 g/mol. The van der Waals surface area contributed by atoms with Crippen molar-refractivity contribution in [1.82, 2.24) is 0 Å². The van der Waals surface area contributed by atoms with Gasteiger partial charge < -0.3 is 9.84 Å². The Bertz CT molecular complexity index is 701. The van der Waals surface area contributed by atoms with Crippen LogP contribution in [0.2, 0.25) is 0 Å². The molecule has 21 heavy (non-hydrogen) atoms. The van der Waals surface area contributed by atoms with E-state index in [0.29, 0.717) is 23.5 Å². The Hall–Kier alpha value is -2.80. The average molecular weight is 281 g/mol. The zero-order chi connectivity index (χ0) is 15.2. The summed E-state index contributed by atoms with van der Waals surface area (Å²) < 4.78 is 5.73. The number of nitriles is 1. The predicted octanol–water partition coefficient (Wildman–Crippen LogP) is 3.07. The van der Waals surface area contributed by atoms with Crippen LogP contribution in [0.15, 0.2) is 42.5 Å². The number of carboxylic acids is 1. The number of hydrogen-bond donors (Lipinski definition) is 1. The summed E-state index contributed by atoms with van der Waals surface area (Å²) >= 11 is 0. The van der Waals surface area contributed by atoms with Crippen molar-refractivity contribution in [2.24, 2.45) is 0 Å². The fourth-order valence-electron chi connectivity index (χ4n) is 2.04. The number of carboxylic acid groups (broad SMARTS) is 1. The van der Waals surface area contributed by atoms with E-state index in [1.807, 2.05) is 25.1 Å². The quantitative estimate of drug-likeness (QED) is 0.914. The third-order valence-electron chi connectivity index (χ3n) is 3.17. The minimum Gasteiger partial charge on any atom is -0.489 e. The van der Waals surface area contributed by atoms with Crippen molar-refractivity contribution >= 4 is 5.97 Å². The molecule has 2 aromatic carbocycles. The van der Waals surface area contributed by atoms with Gasteiger partial charge >= 0.3 is 5.97 Å². The van der Waals surface area contributed by atoms with E-state index in [1.165, 1.54) is 0 Å². The van der Waals surface area contributed by atoms with E-state index in [0.717, 1.165) is 11.1 Å². The van der Waals surface area contributed by atoms with E-state index in [1.54, 1.807) is 24.3 Å². The Balaban J connectivity index is 2.13. The number of aryl methyl sites for hydroxylation is 1. The Morgan fingerprint density at radius 3 is 2.67 bits per heavy atom. The fraction of sp³-hybridized carbons (Fsp3) is 0.176. The molecule has 0 unspecified atom stereocenters. The second-order valence-corrected chi connectivity index (χ2v) is 4.72. The number of nitrogens with zero attached hydrogens (tertiary/aromatic N) is 1. The molecule has 0 fully saturated rings. The van der Waals surface area contributed by atoms with Crippen LogP contribution in [0.1, 0.15) is 22.3 Å². The molecule has 0 radical (unpaired) electrons. The molecule has 4 heteroatoms. The van der Waals surface area contributed by atoms with E-state index >= 15 is 0 Å². The number of rotatable bonds is 5. The molecule has 0 aliphatic rings. The number of para-hydroxylation sites is 1. The molecule has 2 aromatic rings. The van der Waals surface area contributed by atoms with Gasteiger partial charge in [0, 0.05) is 5.56 Å². The normalized spacial score (nSPS) is 9.90. The van der Waals surface area contributed by atoms with E-state index < -0.39 is 5.97 Å². The maximum absolute atomic E-state index is 10.8. The van der Waals surface area contributed by atoms with Gasteiger partial charge in [0.1, 0.15) is 12.4 Å². The molecule has 0 saturated heterocycles. The number of benzene rings is 2. The van der Waals surface area contributed by atoms with Crippen LogP contribution in [-0.4, -0.2) is 11.1 Å². The van der Waals surface area contributed by atoms with Gasteiger partial charge in [-0.25, -0.2) is 0 Å². The van der Waals surface area contributed by atoms with Crippen LogP contribution < -0.4 is 4.74 Å². The van der Waals surface area contributed by atoms with Gasteiger partial charge in [-0.2, -0.15) is 5.26 Å². The highest BCUT2D eigenvalue weighted by atomic mass is 16.5. The van der Waals surface area contributed by atoms with E-state index in [4.69, 9.17) is 15.1 Å². The SMILES string of the molecule is Cc1cc(C#N)ccc1COc1ccccc1CC(=O)O. The van der Waals surface area contributed by atoms with Crippen molar-refractivity contribution in [2.45, 2.75) is 20.0 Å². The lowest BCUT2D eigenvalue weighted by atomic mass is 10.1. The van der Waals surface area contributed by atoms with E-state index in [9.17, 15) is 4.79 Å². The molecule has 0 aliphatic carbocycles. The van der Waals surface area contributed by atoms with Gasteiger partial charge in [-0.1, -0.05) is 24.3 Å². The number of ether oxygens (including phenoxy) is 1. The summed E-state index contributed by atoms with van der Waals surface area (Å²) in [6.07, 6.45) is -0.0669. The highest BCUT2D eigenvalue weighted by Gasteiger charge is 2.08. The lowest BCUT2D eigenvalue weighted by Crippen LogP contribution is -2.04. The Morgan fingerprint density at radius 1 is 1.24 bits per heavy atom. The van der Waals surface area contributed by atoms with E-state index in [2.05, 4.69) is 6.07 Å². The Kier molecular flexibility index (Phi) is 4.57. The van der Waals surface area contributed by atoms with E-state index in [-0.39, 0.29) is 6.42 Å². The van der Waals surface area contributed by atoms with Crippen LogP contribution in [0.3, 0.4) is 0 Å². The first-order chi connectivity index (χ1) is 10.1. The molecule has 0 aromatic heterocycles. The minimum absolute atomic E-state index is 0.0669. The molecular formula is C17H15NO3. The molecule has 0 atom stereocenters. The maximum atomic E-state index is 10.8. The highest BCUT2D eigenvalue weighted by molar-refractivity contribution is 5.71. The minimum atomic E-state index is -0.888. The number of carbonyl (C=O) groups is 1. The maximum Gasteiger partial charge on any atom is 0.307 e. The van der Waals surface area contributed by atoms with Crippen molar-refractivity contribution in [2.75, 3.05) is 0 Å². The van der Waals surface area contributed by atoms with Crippen LogP contribution in [0.4, 0.5) is 0 Å². The standard InChI is InChI=1S/C17H15NO3/c1-12-8-13(10-18)6-7-15(12)11-21-16-5-3-2-4-14(16)9-17(19)20/h2-8H,9,11H2,1H3,(H,19,20). The second kappa shape index (κ2) is 6.58. The summed E-state index contributed by atoms with van der Waals surface area (Å²) in [6, 6.07) is 14.6. The molecule has 2 rings (SSSR count). The van der Waals surface area contributed by atoms with Crippen LogP contribution >= 0.6 is 0 Å². The zero-order valence-electron chi connectivity index (χ0n) is 11.7. The summed E-state index contributed by atoms with van der Waals surface area (Å²) in [5.74, 6) is -0.315. The van der Waals surface area contributed by atoms with Crippen molar-refractivity contribution in [3.63, 3.8) is 0 Å². The number of aliphatic carboxylic acids is 1. The van der Waals surface area contributed by atoms with Crippen molar-refractivity contribution in [3.05, 3.63) is 64.7 Å². The van der Waals surface area contributed by atoms with Gasteiger partial charge in [0.05, 0.1) is 18.1 Å². The zero-order valence-corrected chi connectivity index (χ0v) is 11.7. The molecule has 0 aliphatic heterocycles. The molecule has 1 N–H and O–H groups in total. The average Bonchev–Trinajstić information content (AvgIpc) is 2.46. The van der Waals surface area contributed by atoms with Crippen LogP contribution in [-0.2, 0) is 17.8 Å². The van der Waals surface area contributed by atoms with Crippen LogP contribution in [0, 0.1) is 18.3 Å². The first-order valence-corrected chi connectivity index (χ1v) is 6.52. The molecule has 4 nitrogen and oxygen atoms in total. The smallest absolute Gasteiger partial charge is 0.307 e. The number of hydrogen-bond acceptors (Lipinski definition) is 3. The van der Waals surface area contributed by atoms with Gasteiger partial charge in [-0.15, -0.1) is 0 Å². The first kappa shape index (κ1) is 14.6. The topological polar surface area (TPSA) is 70.3 Å².